The van der Waals surface area contributed by atoms with Crippen molar-refractivity contribution in [3.63, 3.8) is 0 Å². The molecule has 0 atom stereocenters. The van der Waals surface area contributed by atoms with E-state index < -0.39 is 0 Å². The Morgan fingerprint density at radius 1 is 0.438 bits per heavy atom. The first-order valence-corrected chi connectivity index (χ1v) is 16.7. The summed E-state index contributed by atoms with van der Waals surface area (Å²) in [5, 5.41) is 2.53. The first-order chi connectivity index (χ1) is 23.5. The third-order valence-electron chi connectivity index (χ3n) is 9.33. The highest BCUT2D eigenvalue weighted by atomic mass is 15.1. The van der Waals surface area contributed by atoms with Gasteiger partial charge >= 0.3 is 0 Å². The lowest BCUT2D eigenvalue weighted by Gasteiger charge is -2.28. The second-order valence-electron chi connectivity index (χ2n) is 13.5. The van der Waals surface area contributed by atoms with Crippen molar-refractivity contribution in [3.8, 4) is 27.9 Å². The van der Waals surface area contributed by atoms with Gasteiger partial charge in [-0.2, -0.15) is 0 Å². The number of nitrogens with zero attached hydrogens (tertiary/aromatic N) is 2. The number of rotatable bonds is 6. The third-order valence-corrected chi connectivity index (χ3v) is 9.33. The molecular weight excluding hydrogens is 581 g/mol. The third kappa shape index (κ3) is 5.36. The number of aromatic nitrogens is 1. The average Bonchev–Trinajstić information content (AvgIpc) is 3.46. The van der Waals surface area contributed by atoms with E-state index in [2.05, 4.69) is 206 Å². The predicted octanol–water partition coefficient (Wildman–Crippen LogP) is 12.9. The molecule has 0 radical (unpaired) electrons. The van der Waals surface area contributed by atoms with Crippen molar-refractivity contribution >= 4 is 38.9 Å². The van der Waals surface area contributed by atoms with Crippen LogP contribution in [0.3, 0.4) is 0 Å². The molecule has 0 aliphatic rings. The summed E-state index contributed by atoms with van der Waals surface area (Å²) in [6.07, 6.45) is 0. The molecule has 8 rings (SSSR count). The monoisotopic (exact) mass is 618 g/mol. The van der Waals surface area contributed by atoms with Gasteiger partial charge in [-0.05, 0) is 94.4 Å². The number of hydrogen-bond donors (Lipinski definition) is 0. The lowest BCUT2D eigenvalue weighted by atomic mass is 9.86. The topological polar surface area (TPSA) is 8.17 Å². The van der Waals surface area contributed by atoms with Gasteiger partial charge in [-0.1, -0.05) is 130 Å². The van der Waals surface area contributed by atoms with Gasteiger partial charge in [0.05, 0.1) is 16.7 Å². The molecule has 8 aromatic rings. The maximum absolute atomic E-state index is 2.40. The van der Waals surface area contributed by atoms with E-state index in [1.807, 2.05) is 0 Å². The lowest BCUT2D eigenvalue weighted by Crippen LogP contribution is -2.11. The highest BCUT2D eigenvalue weighted by Crippen LogP contribution is 2.43. The molecule has 0 unspecified atom stereocenters. The zero-order valence-corrected chi connectivity index (χ0v) is 27.6. The predicted molar refractivity (Wildman–Crippen MR) is 205 cm³/mol. The molecule has 2 heteroatoms. The summed E-state index contributed by atoms with van der Waals surface area (Å²) in [6.45, 7) is 6.87. The van der Waals surface area contributed by atoms with Crippen LogP contribution >= 0.6 is 0 Å². The molecule has 48 heavy (non-hydrogen) atoms. The second-order valence-corrected chi connectivity index (χ2v) is 13.5. The van der Waals surface area contributed by atoms with Crippen LogP contribution in [0.5, 0.6) is 0 Å². The Morgan fingerprint density at radius 2 is 1.02 bits per heavy atom. The summed E-state index contributed by atoms with van der Waals surface area (Å²) in [7, 11) is 0. The number of anilines is 3. The van der Waals surface area contributed by atoms with Crippen molar-refractivity contribution in [3.05, 3.63) is 181 Å². The van der Waals surface area contributed by atoms with Gasteiger partial charge in [-0.15, -0.1) is 0 Å². The standard InChI is InChI=1S/C46H38N2/c1-46(2,3)36-27-29-45-42(32-36)41-31-35(26-28-44(41)48(45)38-21-11-6-12-22-38)40-24-13-14-25-43(40)47(37-19-9-5-10-20-37)39-23-15-18-34(30-39)33-16-7-4-8-17-33/h4-32H,1-3H3. The van der Waals surface area contributed by atoms with E-state index in [1.54, 1.807) is 0 Å². The van der Waals surface area contributed by atoms with Gasteiger partial charge < -0.3 is 9.47 Å². The minimum Gasteiger partial charge on any atom is -0.310 e. The van der Waals surface area contributed by atoms with E-state index in [1.165, 1.54) is 55.3 Å². The van der Waals surface area contributed by atoms with Gasteiger partial charge in [0.15, 0.2) is 0 Å². The molecule has 0 aliphatic carbocycles. The summed E-state index contributed by atoms with van der Waals surface area (Å²) in [5.74, 6) is 0. The molecule has 1 aromatic heterocycles. The average molecular weight is 619 g/mol. The van der Waals surface area contributed by atoms with Crippen molar-refractivity contribution in [2.45, 2.75) is 26.2 Å². The van der Waals surface area contributed by atoms with Gasteiger partial charge in [-0.3, -0.25) is 0 Å². The Morgan fingerprint density at radius 3 is 1.75 bits per heavy atom. The van der Waals surface area contributed by atoms with Crippen molar-refractivity contribution in [1.29, 1.82) is 0 Å². The van der Waals surface area contributed by atoms with E-state index in [9.17, 15) is 0 Å². The molecule has 0 N–H and O–H groups in total. The molecule has 1 heterocycles. The quantitative estimate of drug-likeness (QED) is 0.180. The fourth-order valence-corrected chi connectivity index (χ4v) is 6.88. The number of fused-ring (bicyclic) bond motifs is 3. The van der Waals surface area contributed by atoms with Crippen molar-refractivity contribution in [2.24, 2.45) is 0 Å². The number of benzene rings is 7. The van der Waals surface area contributed by atoms with Crippen LogP contribution < -0.4 is 4.90 Å². The normalized spacial score (nSPS) is 11.6. The smallest absolute Gasteiger partial charge is 0.0541 e. The van der Waals surface area contributed by atoms with E-state index in [-0.39, 0.29) is 5.41 Å². The Kier molecular flexibility index (Phi) is 7.42. The van der Waals surface area contributed by atoms with Crippen LogP contribution in [0.15, 0.2) is 176 Å². The first-order valence-electron chi connectivity index (χ1n) is 16.7. The van der Waals surface area contributed by atoms with E-state index in [4.69, 9.17) is 0 Å². The molecule has 0 spiro atoms. The Labute approximate surface area is 283 Å². The second kappa shape index (κ2) is 12.1. The SMILES string of the molecule is CC(C)(C)c1ccc2c(c1)c1cc(-c3ccccc3N(c3ccccc3)c3cccc(-c4ccccc4)c3)ccc1n2-c1ccccc1. The van der Waals surface area contributed by atoms with Crippen LogP contribution in [0.4, 0.5) is 17.1 Å². The van der Waals surface area contributed by atoms with Crippen LogP contribution in [-0.2, 0) is 5.41 Å². The molecule has 232 valence electrons. The summed E-state index contributed by atoms with van der Waals surface area (Å²) in [5.41, 5.74) is 13.1. The van der Waals surface area contributed by atoms with Crippen LogP contribution in [0.1, 0.15) is 26.3 Å². The minimum atomic E-state index is 0.0457. The van der Waals surface area contributed by atoms with Crippen LogP contribution in [0.25, 0.3) is 49.7 Å². The van der Waals surface area contributed by atoms with E-state index >= 15 is 0 Å². The van der Waals surface area contributed by atoms with Gasteiger partial charge in [0.25, 0.3) is 0 Å². The Bertz CT molecular complexity index is 2360. The zero-order chi connectivity index (χ0) is 32.7. The molecule has 0 saturated heterocycles. The van der Waals surface area contributed by atoms with Gasteiger partial charge in [0.1, 0.15) is 0 Å². The maximum Gasteiger partial charge on any atom is 0.0541 e. The van der Waals surface area contributed by atoms with Gasteiger partial charge in [0.2, 0.25) is 0 Å². The van der Waals surface area contributed by atoms with E-state index in [0.717, 1.165) is 17.1 Å². The Hall–Kier alpha value is -5.86. The maximum atomic E-state index is 2.40. The van der Waals surface area contributed by atoms with Crippen molar-refractivity contribution in [1.82, 2.24) is 4.57 Å². The molecule has 0 aliphatic heterocycles. The molecule has 0 amide bonds. The lowest BCUT2D eigenvalue weighted by molar-refractivity contribution is 0.591. The zero-order valence-electron chi connectivity index (χ0n) is 27.6. The summed E-state index contributed by atoms with van der Waals surface area (Å²) < 4.78 is 2.40. The molecular formula is C46H38N2. The van der Waals surface area contributed by atoms with Crippen molar-refractivity contribution < 1.29 is 0 Å². The van der Waals surface area contributed by atoms with Gasteiger partial charge in [-0.25, -0.2) is 0 Å². The summed E-state index contributed by atoms with van der Waals surface area (Å²) >= 11 is 0. The fraction of sp³-hybridized carbons (Fsp3) is 0.0870. The minimum absolute atomic E-state index is 0.0457. The van der Waals surface area contributed by atoms with Crippen LogP contribution in [-0.4, -0.2) is 4.57 Å². The highest BCUT2D eigenvalue weighted by Gasteiger charge is 2.21. The summed E-state index contributed by atoms with van der Waals surface area (Å²) in [4.78, 5) is 2.39. The van der Waals surface area contributed by atoms with Crippen LogP contribution in [0, 0.1) is 0 Å². The van der Waals surface area contributed by atoms with E-state index in [0.29, 0.717) is 0 Å². The molecule has 0 saturated carbocycles. The number of para-hydroxylation sites is 3. The highest BCUT2D eigenvalue weighted by molar-refractivity contribution is 6.11. The van der Waals surface area contributed by atoms with Crippen molar-refractivity contribution in [2.75, 3.05) is 4.90 Å². The number of hydrogen-bond acceptors (Lipinski definition) is 1. The molecule has 7 aromatic carbocycles. The fourth-order valence-electron chi connectivity index (χ4n) is 6.88. The molecule has 0 fully saturated rings. The first kappa shape index (κ1) is 29.5. The van der Waals surface area contributed by atoms with Gasteiger partial charge in [0, 0.05) is 33.4 Å². The summed E-state index contributed by atoms with van der Waals surface area (Å²) in [6, 6.07) is 63.6. The molecule has 2 nitrogen and oxygen atoms in total. The molecule has 0 bridgehead atoms. The largest absolute Gasteiger partial charge is 0.310 e. The van der Waals surface area contributed by atoms with Crippen LogP contribution in [0.2, 0.25) is 0 Å². The Balaban J connectivity index is 1.34.